The van der Waals surface area contributed by atoms with Gasteiger partial charge in [-0.1, -0.05) is 100 Å². The van der Waals surface area contributed by atoms with Gasteiger partial charge in [0.05, 0.1) is 0 Å². The van der Waals surface area contributed by atoms with Gasteiger partial charge in [-0.15, -0.1) is 0 Å². The lowest BCUT2D eigenvalue weighted by molar-refractivity contribution is -0.116. The zero-order chi connectivity index (χ0) is 21.0. The maximum atomic E-state index is 13.4. The number of nitrogens with one attached hydrogen (secondary N) is 1. The minimum Gasteiger partial charge on any atom is -0.399 e. The largest absolute Gasteiger partial charge is 0.399 e. The van der Waals surface area contributed by atoms with Crippen molar-refractivity contribution in [1.29, 1.82) is 0 Å². The molecule has 2 aromatic rings. The van der Waals surface area contributed by atoms with Crippen LogP contribution in [0.2, 0.25) is 0 Å². The van der Waals surface area contributed by atoms with Crippen LogP contribution in [-0.4, -0.2) is 11.9 Å². The van der Waals surface area contributed by atoms with Crippen molar-refractivity contribution in [3.63, 3.8) is 0 Å². The molecule has 1 aliphatic carbocycles. The van der Waals surface area contributed by atoms with Gasteiger partial charge < -0.3 is 11.1 Å². The van der Waals surface area contributed by atoms with Crippen LogP contribution >= 0.6 is 0 Å². The van der Waals surface area contributed by atoms with Gasteiger partial charge in [-0.2, -0.15) is 0 Å². The minimum atomic E-state index is 0.0233. The van der Waals surface area contributed by atoms with Crippen LogP contribution in [0.4, 0.5) is 5.69 Å². The average molecular weight is 405 g/mol. The SMILES string of the molecule is Nc1ccc(/C=C(\C(=O)NC2CCCCCCCCCCC2)c2ccccc2)cc1. The third kappa shape index (κ3) is 7.37. The number of hydrogen-bond acceptors (Lipinski definition) is 2. The van der Waals surface area contributed by atoms with Crippen LogP contribution < -0.4 is 11.1 Å². The van der Waals surface area contributed by atoms with Gasteiger partial charge in [0, 0.05) is 17.3 Å². The maximum absolute atomic E-state index is 13.4. The molecule has 3 N–H and O–H groups in total. The Morgan fingerprint density at radius 3 is 1.87 bits per heavy atom. The summed E-state index contributed by atoms with van der Waals surface area (Å²) in [6.07, 6.45) is 15.8. The highest BCUT2D eigenvalue weighted by atomic mass is 16.1. The molecule has 0 aliphatic heterocycles. The van der Waals surface area contributed by atoms with E-state index in [1.54, 1.807) is 0 Å². The van der Waals surface area contributed by atoms with E-state index in [-0.39, 0.29) is 11.9 Å². The molecule has 1 saturated carbocycles. The summed E-state index contributed by atoms with van der Waals surface area (Å²) >= 11 is 0. The molecule has 1 fully saturated rings. The number of nitrogen functional groups attached to an aromatic ring is 1. The second kappa shape index (κ2) is 12.2. The topological polar surface area (TPSA) is 55.1 Å². The molecular weight excluding hydrogens is 368 g/mol. The molecule has 0 unspecified atom stereocenters. The first-order valence-electron chi connectivity index (χ1n) is 11.7. The Labute approximate surface area is 181 Å². The van der Waals surface area contributed by atoms with Gasteiger partial charge in [0.25, 0.3) is 5.91 Å². The standard InChI is InChI=1S/C27H36N2O/c28-24-19-17-22(18-20-24)21-26(23-13-9-8-10-14-23)27(30)29-25-15-11-6-4-2-1-3-5-7-12-16-25/h8-10,13-14,17-21,25H,1-7,11-12,15-16,28H2,(H,29,30)/b26-21-. The summed E-state index contributed by atoms with van der Waals surface area (Å²) in [7, 11) is 0. The zero-order valence-electron chi connectivity index (χ0n) is 18.1. The van der Waals surface area contributed by atoms with Gasteiger partial charge in [-0.3, -0.25) is 4.79 Å². The molecule has 3 rings (SSSR count). The average Bonchev–Trinajstić information content (AvgIpc) is 2.76. The second-order valence-electron chi connectivity index (χ2n) is 8.52. The lowest BCUT2D eigenvalue weighted by Gasteiger charge is -2.21. The summed E-state index contributed by atoms with van der Waals surface area (Å²) in [5.74, 6) is 0.0233. The molecule has 3 heteroatoms. The maximum Gasteiger partial charge on any atom is 0.252 e. The lowest BCUT2D eigenvalue weighted by Crippen LogP contribution is -2.35. The number of amides is 1. The van der Waals surface area contributed by atoms with Gasteiger partial charge in [-0.25, -0.2) is 0 Å². The van der Waals surface area contributed by atoms with E-state index in [9.17, 15) is 4.79 Å². The molecule has 0 heterocycles. The summed E-state index contributed by atoms with van der Waals surface area (Å²) < 4.78 is 0. The molecule has 0 radical (unpaired) electrons. The Hall–Kier alpha value is -2.55. The van der Waals surface area contributed by atoms with Gasteiger partial charge in [0.1, 0.15) is 0 Å². The van der Waals surface area contributed by atoms with Crippen LogP contribution in [0, 0.1) is 0 Å². The Morgan fingerprint density at radius 2 is 1.30 bits per heavy atom. The van der Waals surface area contributed by atoms with Crippen molar-refractivity contribution < 1.29 is 4.79 Å². The molecular formula is C27H36N2O. The minimum absolute atomic E-state index is 0.0233. The molecule has 30 heavy (non-hydrogen) atoms. The number of anilines is 1. The van der Waals surface area contributed by atoms with E-state index in [1.165, 1.54) is 57.8 Å². The Kier molecular flexibility index (Phi) is 9.02. The molecule has 3 nitrogen and oxygen atoms in total. The molecule has 2 aromatic carbocycles. The summed E-state index contributed by atoms with van der Waals surface area (Å²) in [5, 5.41) is 3.37. The van der Waals surface area contributed by atoms with Crippen molar-refractivity contribution in [3.8, 4) is 0 Å². The fourth-order valence-corrected chi connectivity index (χ4v) is 4.23. The van der Waals surface area contributed by atoms with Crippen LogP contribution in [0.25, 0.3) is 11.6 Å². The van der Waals surface area contributed by atoms with Crippen molar-refractivity contribution in [1.82, 2.24) is 5.32 Å². The molecule has 1 amide bonds. The van der Waals surface area contributed by atoms with Crippen molar-refractivity contribution in [2.24, 2.45) is 0 Å². The number of hydrogen-bond donors (Lipinski definition) is 2. The van der Waals surface area contributed by atoms with E-state index in [4.69, 9.17) is 5.73 Å². The van der Waals surface area contributed by atoms with E-state index < -0.39 is 0 Å². The highest BCUT2D eigenvalue weighted by Crippen LogP contribution is 2.22. The number of carbonyl (C=O) groups excluding carboxylic acids is 1. The second-order valence-corrected chi connectivity index (χ2v) is 8.52. The Balaban J connectivity index is 1.74. The first-order valence-corrected chi connectivity index (χ1v) is 11.7. The third-order valence-corrected chi connectivity index (χ3v) is 6.02. The molecule has 1 aliphatic rings. The van der Waals surface area contributed by atoms with Crippen molar-refractivity contribution in [2.45, 2.75) is 76.7 Å². The van der Waals surface area contributed by atoms with Crippen molar-refractivity contribution in [3.05, 3.63) is 65.7 Å². The molecule has 160 valence electrons. The monoisotopic (exact) mass is 404 g/mol. The molecule has 0 bridgehead atoms. The molecule has 0 atom stereocenters. The first kappa shape index (κ1) is 22.1. The van der Waals surface area contributed by atoms with Crippen LogP contribution in [0.3, 0.4) is 0 Å². The number of nitrogens with two attached hydrogens (primary N) is 1. The van der Waals surface area contributed by atoms with E-state index in [0.717, 1.165) is 29.7 Å². The summed E-state index contributed by atoms with van der Waals surface area (Å²) in [4.78, 5) is 13.4. The summed E-state index contributed by atoms with van der Waals surface area (Å²) in [6, 6.07) is 17.9. The Bertz CT molecular complexity index is 783. The van der Waals surface area contributed by atoms with E-state index in [0.29, 0.717) is 5.57 Å². The number of rotatable bonds is 4. The van der Waals surface area contributed by atoms with E-state index >= 15 is 0 Å². The molecule has 0 aromatic heterocycles. The first-order chi connectivity index (χ1) is 14.7. The highest BCUT2D eigenvalue weighted by molar-refractivity contribution is 6.24. The van der Waals surface area contributed by atoms with Crippen LogP contribution in [-0.2, 0) is 4.79 Å². The fraction of sp³-hybridized carbons (Fsp3) is 0.444. The van der Waals surface area contributed by atoms with Crippen LogP contribution in [0.5, 0.6) is 0 Å². The predicted octanol–water partition coefficient (Wildman–Crippen LogP) is 6.60. The highest BCUT2D eigenvalue weighted by Gasteiger charge is 2.17. The quantitative estimate of drug-likeness (QED) is 0.343. The summed E-state index contributed by atoms with van der Waals surface area (Å²) in [5.41, 5.74) is 9.19. The number of carbonyl (C=O) groups is 1. The van der Waals surface area contributed by atoms with Gasteiger partial charge >= 0.3 is 0 Å². The molecule has 0 saturated heterocycles. The van der Waals surface area contributed by atoms with Gasteiger partial charge in [0.2, 0.25) is 0 Å². The Morgan fingerprint density at radius 1 is 0.767 bits per heavy atom. The third-order valence-electron chi connectivity index (χ3n) is 6.02. The van der Waals surface area contributed by atoms with Crippen molar-refractivity contribution in [2.75, 3.05) is 5.73 Å². The van der Waals surface area contributed by atoms with Gasteiger partial charge in [-0.05, 0) is 42.2 Å². The van der Waals surface area contributed by atoms with E-state index in [2.05, 4.69) is 5.32 Å². The van der Waals surface area contributed by atoms with Crippen LogP contribution in [0.1, 0.15) is 81.8 Å². The zero-order valence-corrected chi connectivity index (χ0v) is 18.1. The fourth-order valence-electron chi connectivity index (χ4n) is 4.23. The normalized spacial score (nSPS) is 17.5. The van der Waals surface area contributed by atoms with Gasteiger partial charge in [0.15, 0.2) is 0 Å². The molecule has 0 spiro atoms. The van der Waals surface area contributed by atoms with Crippen LogP contribution in [0.15, 0.2) is 54.6 Å². The number of benzene rings is 2. The van der Waals surface area contributed by atoms with E-state index in [1.807, 2.05) is 60.7 Å². The smallest absolute Gasteiger partial charge is 0.252 e. The predicted molar refractivity (Wildman–Crippen MR) is 128 cm³/mol. The lowest BCUT2D eigenvalue weighted by atomic mass is 9.96. The van der Waals surface area contributed by atoms with Crippen molar-refractivity contribution >= 4 is 23.2 Å². The summed E-state index contributed by atoms with van der Waals surface area (Å²) in [6.45, 7) is 0.